The van der Waals surface area contributed by atoms with Crippen molar-refractivity contribution in [3.05, 3.63) is 65.7 Å². The van der Waals surface area contributed by atoms with E-state index in [9.17, 15) is 14.4 Å². The van der Waals surface area contributed by atoms with E-state index in [4.69, 9.17) is 0 Å². The molecule has 2 aromatic carbocycles. The Morgan fingerprint density at radius 2 is 1.69 bits per heavy atom. The van der Waals surface area contributed by atoms with Gasteiger partial charge in [-0.05, 0) is 48.9 Å². The molecule has 0 spiro atoms. The van der Waals surface area contributed by atoms with Crippen LogP contribution in [0.2, 0.25) is 0 Å². The molecule has 0 aromatic heterocycles. The van der Waals surface area contributed by atoms with Gasteiger partial charge in [0.2, 0.25) is 11.8 Å². The summed E-state index contributed by atoms with van der Waals surface area (Å²) in [6, 6.07) is 17.0. The van der Waals surface area contributed by atoms with Crippen molar-refractivity contribution in [1.82, 2.24) is 15.5 Å². The second-order valence-electron chi connectivity index (χ2n) is 8.89. The van der Waals surface area contributed by atoms with Crippen LogP contribution in [0.3, 0.4) is 0 Å². The summed E-state index contributed by atoms with van der Waals surface area (Å²) in [5, 5.41) is 5.71. The van der Waals surface area contributed by atoms with Gasteiger partial charge in [0.05, 0.1) is 6.54 Å². The predicted octanol–water partition coefficient (Wildman–Crippen LogP) is 2.10. The van der Waals surface area contributed by atoms with Gasteiger partial charge in [0.1, 0.15) is 6.04 Å². The molecule has 7 nitrogen and oxygen atoms in total. The number of para-hydroxylation sites is 1. The van der Waals surface area contributed by atoms with Gasteiger partial charge in [-0.15, -0.1) is 0 Å². The topological polar surface area (TPSA) is 81.8 Å². The fourth-order valence-electron chi connectivity index (χ4n) is 4.79. The first-order valence-electron chi connectivity index (χ1n) is 11.4. The molecule has 32 heavy (non-hydrogen) atoms. The molecule has 2 fully saturated rings. The van der Waals surface area contributed by atoms with Crippen molar-refractivity contribution in [3.63, 3.8) is 0 Å². The highest BCUT2D eigenvalue weighted by Gasteiger charge is 2.47. The Bertz CT molecular complexity index is 1020. The van der Waals surface area contributed by atoms with Crippen molar-refractivity contribution < 1.29 is 14.4 Å². The first-order valence-corrected chi connectivity index (χ1v) is 11.4. The number of fused-ring (bicyclic) bond motifs is 1. The van der Waals surface area contributed by atoms with Crippen LogP contribution in [0, 0.1) is 5.92 Å². The smallest absolute Gasteiger partial charge is 0.255 e. The molecule has 2 aromatic rings. The Labute approximate surface area is 187 Å². The number of hydrogen-bond donors (Lipinski definition) is 2. The van der Waals surface area contributed by atoms with E-state index < -0.39 is 6.04 Å². The number of carbonyl (C=O) groups is 3. The number of benzene rings is 2. The molecule has 2 N–H and O–H groups in total. The number of carbonyl (C=O) groups excluding carboxylic acids is 3. The summed E-state index contributed by atoms with van der Waals surface area (Å²) in [7, 11) is 0. The van der Waals surface area contributed by atoms with E-state index in [0.29, 0.717) is 18.0 Å². The van der Waals surface area contributed by atoms with E-state index in [1.165, 1.54) is 5.69 Å². The number of nitrogens with one attached hydrogen (secondary N) is 2. The lowest BCUT2D eigenvalue weighted by Gasteiger charge is -2.24. The molecule has 2 unspecified atom stereocenters. The van der Waals surface area contributed by atoms with Gasteiger partial charge in [-0.1, -0.05) is 36.4 Å². The quantitative estimate of drug-likeness (QED) is 0.702. The van der Waals surface area contributed by atoms with Crippen molar-refractivity contribution >= 4 is 23.4 Å². The Morgan fingerprint density at radius 3 is 2.47 bits per heavy atom. The molecular formula is C25H28N4O3. The van der Waals surface area contributed by atoms with Crippen LogP contribution in [0.25, 0.3) is 0 Å². The van der Waals surface area contributed by atoms with Crippen LogP contribution in [-0.2, 0) is 9.59 Å². The minimum absolute atomic E-state index is 0.0840. The molecule has 3 aliphatic rings. The highest BCUT2D eigenvalue weighted by Crippen LogP contribution is 2.41. The van der Waals surface area contributed by atoms with Gasteiger partial charge in [0, 0.05) is 36.9 Å². The number of anilines is 1. The SMILES string of the molecule is O=C(CNC(=O)C1c2ccccc2C(=O)N1C1CC1)NCC1CCN(c2ccccc2)C1. The molecule has 5 rings (SSSR count). The van der Waals surface area contributed by atoms with Crippen LogP contribution in [-0.4, -0.2) is 54.8 Å². The average Bonchev–Trinajstić information content (AvgIpc) is 3.47. The van der Waals surface area contributed by atoms with Crippen LogP contribution in [0.5, 0.6) is 0 Å². The number of amides is 3. The normalized spacial score (nSPS) is 22.1. The van der Waals surface area contributed by atoms with E-state index >= 15 is 0 Å². The summed E-state index contributed by atoms with van der Waals surface area (Å²) in [5.74, 6) is -0.190. The van der Waals surface area contributed by atoms with E-state index in [-0.39, 0.29) is 30.3 Å². The van der Waals surface area contributed by atoms with E-state index in [2.05, 4.69) is 27.7 Å². The van der Waals surface area contributed by atoms with Crippen molar-refractivity contribution in [1.29, 1.82) is 0 Å². The third-order valence-electron chi connectivity index (χ3n) is 6.61. The Balaban J connectivity index is 1.12. The number of hydrogen-bond acceptors (Lipinski definition) is 4. The van der Waals surface area contributed by atoms with Gasteiger partial charge in [-0.2, -0.15) is 0 Å². The second kappa shape index (κ2) is 8.65. The lowest BCUT2D eigenvalue weighted by molar-refractivity contribution is -0.129. The summed E-state index contributed by atoms with van der Waals surface area (Å²) in [4.78, 5) is 42.2. The van der Waals surface area contributed by atoms with E-state index in [1.807, 2.05) is 36.4 Å². The van der Waals surface area contributed by atoms with E-state index in [1.54, 1.807) is 11.0 Å². The predicted molar refractivity (Wildman–Crippen MR) is 121 cm³/mol. The molecule has 3 amide bonds. The number of rotatable bonds is 7. The van der Waals surface area contributed by atoms with Crippen molar-refractivity contribution in [3.8, 4) is 0 Å². The van der Waals surface area contributed by atoms with Crippen molar-refractivity contribution in [2.75, 3.05) is 31.1 Å². The van der Waals surface area contributed by atoms with Gasteiger partial charge in [-0.3, -0.25) is 14.4 Å². The molecule has 0 bridgehead atoms. The molecule has 2 aliphatic heterocycles. The van der Waals surface area contributed by atoms with Crippen LogP contribution in [0.15, 0.2) is 54.6 Å². The fraction of sp³-hybridized carbons (Fsp3) is 0.400. The maximum atomic E-state index is 13.0. The van der Waals surface area contributed by atoms with Gasteiger partial charge in [0.25, 0.3) is 5.91 Å². The summed E-state index contributed by atoms with van der Waals surface area (Å²) in [5.41, 5.74) is 2.53. The van der Waals surface area contributed by atoms with Gasteiger partial charge < -0.3 is 20.4 Å². The lowest BCUT2D eigenvalue weighted by Crippen LogP contribution is -2.44. The molecule has 1 aliphatic carbocycles. The minimum Gasteiger partial charge on any atom is -0.371 e. The molecule has 2 atom stereocenters. The largest absolute Gasteiger partial charge is 0.371 e. The first kappa shape index (κ1) is 20.5. The minimum atomic E-state index is -0.645. The molecule has 1 saturated heterocycles. The molecular weight excluding hydrogens is 404 g/mol. The Morgan fingerprint density at radius 1 is 0.938 bits per heavy atom. The number of nitrogens with zero attached hydrogens (tertiary/aromatic N) is 2. The van der Waals surface area contributed by atoms with Crippen LogP contribution < -0.4 is 15.5 Å². The molecule has 7 heteroatoms. The standard InChI is InChI=1S/C25H28N4O3/c30-22(26-14-17-12-13-28(16-17)18-6-2-1-3-7-18)15-27-24(31)23-20-8-4-5-9-21(20)25(32)29(23)19-10-11-19/h1-9,17,19,23H,10-16H2,(H,26,30)(H,27,31). The first-order chi connectivity index (χ1) is 15.6. The highest BCUT2D eigenvalue weighted by molar-refractivity contribution is 6.05. The maximum Gasteiger partial charge on any atom is 0.255 e. The van der Waals surface area contributed by atoms with Gasteiger partial charge in [-0.25, -0.2) is 0 Å². The van der Waals surface area contributed by atoms with Crippen molar-refractivity contribution in [2.45, 2.75) is 31.3 Å². The lowest BCUT2D eigenvalue weighted by atomic mass is 10.0. The second-order valence-corrected chi connectivity index (χ2v) is 8.89. The third-order valence-corrected chi connectivity index (χ3v) is 6.61. The summed E-state index contributed by atoms with van der Waals surface area (Å²) in [6.45, 7) is 2.40. The Kier molecular flexibility index (Phi) is 5.55. The molecule has 2 heterocycles. The summed E-state index contributed by atoms with van der Waals surface area (Å²) >= 11 is 0. The monoisotopic (exact) mass is 432 g/mol. The molecule has 0 radical (unpaired) electrons. The summed E-state index contributed by atoms with van der Waals surface area (Å²) < 4.78 is 0. The summed E-state index contributed by atoms with van der Waals surface area (Å²) in [6.07, 6.45) is 2.87. The fourth-order valence-corrected chi connectivity index (χ4v) is 4.79. The van der Waals surface area contributed by atoms with E-state index in [0.717, 1.165) is 37.9 Å². The van der Waals surface area contributed by atoms with Gasteiger partial charge >= 0.3 is 0 Å². The maximum absolute atomic E-state index is 13.0. The zero-order chi connectivity index (χ0) is 22.1. The van der Waals surface area contributed by atoms with Crippen LogP contribution in [0.1, 0.15) is 41.2 Å². The zero-order valence-corrected chi connectivity index (χ0v) is 18.0. The van der Waals surface area contributed by atoms with Crippen LogP contribution in [0.4, 0.5) is 5.69 Å². The molecule has 1 saturated carbocycles. The zero-order valence-electron chi connectivity index (χ0n) is 18.0. The third kappa shape index (κ3) is 4.07. The molecule has 166 valence electrons. The van der Waals surface area contributed by atoms with Crippen LogP contribution >= 0.6 is 0 Å². The van der Waals surface area contributed by atoms with Gasteiger partial charge in [0.15, 0.2) is 0 Å². The Hall–Kier alpha value is -3.35. The highest BCUT2D eigenvalue weighted by atomic mass is 16.2. The van der Waals surface area contributed by atoms with Crippen molar-refractivity contribution in [2.24, 2.45) is 5.92 Å². The average molecular weight is 433 g/mol.